The first-order valence-corrected chi connectivity index (χ1v) is 9.29. The molecular formula is C15H20N2O2S2. The lowest BCUT2D eigenvalue weighted by Crippen LogP contribution is -2.40. The number of nitrogens with zero attached hydrogens (tertiary/aromatic N) is 1. The molecule has 0 saturated carbocycles. The van der Waals surface area contributed by atoms with Crippen LogP contribution >= 0.6 is 11.3 Å². The Morgan fingerprint density at radius 3 is 2.57 bits per heavy atom. The van der Waals surface area contributed by atoms with Crippen LogP contribution in [0.3, 0.4) is 0 Å². The van der Waals surface area contributed by atoms with Gasteiger partial charge >= 0.3 is 0 Å². The summed E-state index contributed by atoms with van der Waals surface area (Å²) in [6, 6.07) is 5.71. The second-order valence-corrected chi connectivity index (χ2v) is 8.45. The summed E-state index contributed by atoms with van der Waals surface area (Å²) >= 11 is 1.61. The number of thiophene rings is 1. The maximum Gasteiger partial charge on any atom is 0.221 e. The Bertz CT molecular complexity index is 675. The van der Waals surface area contributed by atoms with Crippen molar-refractivity contribution >= 4 is 21.4 Å². The van der Waals surface area contributed by atoms with Crippen LogP contribution in [0, 0.1) is 0 Å². The first-order chi connectivity index (χ1) is 9.88. The number of rotatable bonds is 6. The zero-order valence-electron chi connectivity index (χ0n) is 12.5. The number of hydrogen-bond acceptors (Lipinski definition) is 4. The van der Waals surface area contributed by atoms with Gasteiger partial charge in [0, 0.05) is 23.7 Å². The molecule has 4 nitrogen and oxygen atoms in total. The molecule has 114 valence electrons. The molecule has 0 aromatic carbocycles. The summed E-state index contributed by atoms with van der Waals surface area (Å²) in [5.41, 5.74) is 2.59. The summed E-state index contributed by atoms with van der Waals surface area (Å²) in [6.45, 7) is 5.79. The molecule has 0 aliphatic heterocycles. The Labute approximate surface area is 130 Å². The van der Waals surface area contributed by atoms with Crippen LogP contribution in [0.1, 0.15) is 32.8 Å². The van der Waals surface area contributed by atoms with Gasteiger partial charge in [0.2, 0.25) is 10.0 Å². The fraction of sp³-hybridized carbons (Fsp3) is 0.400. The molecule has 0 bridgehead atoms. The first kappa shape index (κ1) is 16.1. The summed E-state index contributed by atoms with van der Waals surface area (Å²) in [6.07, 6.45) is 2.42. The summed E-state index contributed by atoms with van der Waals surface area (Å²) in [5, 5.41) is 4.01. The number of hydrogen-bond donors (Lipinski definition) is 1. The SMILES string of the molecule is CCCNS(=O)(=O)C(C)(C)c1ccc(-c2ccsc2)nc1. The molecule has 6 heteroatoms. The van der Waals surface area contributed by atoms with Crippen molar-refractivity contribution in [1.29, 1.82) is 0 Å². The molecule has 2 rings (SSSR count). The molecular weight excluding hydrogens is 304 g/mol. The van der Waals surface area contributed by atoms with Crippen LogP contribution in [0.25, 0.3) is 11.3 Å². The van der Waals surface area contributed by atoms with Gasteiger partial charge in [0.15, 0.2) is 0 Å². The van der Waals surface area contributed by atoms with Crippen LogP contribution in [0.5, 0.6) is 0 Å². The largest absolute Gasteiger partial charge is 0.256 e. The average Bonchev–Trinajstić information content (AvgIpc) is 2.99. The van der Waals surface area contributed by atoms with Gasteiger partial charge in [-0.05, 0) is 43.3 Å². The minimum atomic E-state index is -3.43. The molecule has 0 unspecified atom stereocenters. The van der Waals surface area contributed by atoms with E-state index in [2.05, 4.69) is 9.71 Å². The molecule has 2 heterocycles. The number of aromatic nitrogens is 1. The van der Waals surface area contributed by atoms with E-state index in [0.717, 1.165) is 17.7 Å². The third-order valence-electron chi connectivity index (χ3n) is 3.49. The third kappa shape index (κ3) is 3.33. The molecule has 0 aliphatic rings. The minimum absolute atomic E-state index is 0.451. The Hall–Kier alpha value is -1.24. The molecule has 0 fully saturated rings. The van der Waals surface area contributed by atoms with Crippen molar-refractivity contribution in [2.24, 2.45) is 0 Å². The highest BCUT2D eigenvalue weighted by atomic mass is 32.2. The molecule has 0 radical (unpaired) electrons. The molecule has 0 saturated heterocycles. The normalized spacial score (nSPS) is 12.5. The highest BCUT2D eigenvalue weighted by molar-refractivity contribution is 7.90. The zero-order valence-corrected chi connectivity index (χ0v) is 14.1. The van der Waals surface area contributed by atoms with Gasteiger partial charge < -0.3 is 0 Å². The molecule has 0 amide bonds. The monoisotopic (exact) mass is 324 g/mol. The van der Waals surface area contributed by atoms with Crippen LogP contribution in [-0.4, -0.2) is 19.9 Å². The fourth-order valence-corrected chi connectivity index (χ4v) is 3.82. The predicted molar refractivity (Wildman–Crippen MR) is 87.8 cm³/mol. The standard InChI is InChI=1S/C15H20N2O2S2/c1-4-8-17-21(18,19)15(2,3)13-5-6-14(16-10-13)12-7-9-20-11-12/h5-7,9-11,17H,4,8H2,1-3H3. The smallest absolute Gasteiger partial charge is 0.221 e. The van der Waals surface area contributed by atoms with Crippen molar-refractivity contribution in [2.75, 3.05) is 6.54 Å². The van der Waals surface area contributed by atoms with Crippen molar-refractivity contribution in [3.05, 3.63) is 40.7 Å². The summed E-state index contributed by atoms with van der Waals surface area (Å²) in [7, 11) is -3.43. The van der Waals surface area contributed by atoms with Crippen LogP contribution < -0.4 is 4.72 Å². The fourth-order valence-electron chi connectivity index (χ4n) is 1.90. The van der Waals surface area contributed by atoms with E-state index in [9.17, 15) is 8.42 Å². The maximum absolute atomic E-state index is 12.4. The third-order valence-corrected chi connectivity index (χ3v) is 6.34. The van der Waals surface area contributed by atoms with Gasteiger partial charge in [0.05, 0.1) is 5.69 Å². The maximum atomic E-state index is 12.4. The Morgan fingerprint density at radius 2 is 2.05 bits per heavy atom. The molecule has 0 atom stereocenters. The van der Waals surface area contributed by atoms with E-state index in [1.807, 2.05) is 35.9 Å². The topological polar surface area (TPSA) is 59.1 Å². The van der Waals surface area contributed by atoms with Crippen molar-refractivity contribution in [1.82, 2.24) is 9.71 Å². The zero-order chi connectivity index (χ0) is 15.5. The molecule has 2 aromatic heterocycles. The van der Waals surface area contributed by atoms with E-state index in [1.54, 1.807) is 31.4 Å². The van der Waals surface area contributed by atoms with Gasteiger partial charge in [-0.3, -0.25) is 4.98 Å². The second kappa shape index (κ2) is 6.25. The van der Waals surface area contributed by atoms with Gasteiger partial charge in [0.25, 0.3) is 0 Å². The lowest BCUT2D eigenvalue weighted by Gasteiger charge is -2.25. The highest BCUT2D eigenvalue weighted by Gasteiger charge is 2.35. The van der Waals surface area contributed by atoms with E-state index >= 15 is 0 Å². The molecule has 0 aliphatic carbocycles. The van der Waals surface area contributed by atoms with Gasteiger partial charge in [-0.25, -0.2) is 13.1 Å². The lowest BCUT2D eigenvalue weighted by molar-refractivity contribution is 0.538. The number of sulfonamides is 1. The van der Waals surface area contributed by atoms with E-state index in [4.69, 9.17) is 0 Å². The van der Waals surface area contributed by atoms with Gasteiger partial charge in [-0.1, -0.05) is 13.0 Å². The molecule has 21 heavy (non-hydrogen) atoms. The second-order valence-electron chi connectivity index (χ2n) is 5.35. The van der Waals surface area contributed by atoms with Crippen LogP contribution in [-0.2, 0) is 14.8 Å². The van der Waals surface area contributed by atoms with Crippen LogP contribution in [0.2, 0.25) is 0 Å². The highest BCUT2D eigenvalue weighted by Crippen LogP contribution is 2.30. The number of pyridine rings is 1. The summed E-state index contributed by atoms with van der Waals surface area (Å²) in [5.74, 6) is 0. The Morgan fingerprint density at radius 1 is 1.29 bits per heavy atom. The van der Waals surface area contributed by atoms with Gasteiger partial charge in [0.1, 0.15) is 4.75 Å². The van der Waals surface area contributed by atoms with Gasteiger partial charge in [-0.2, -0.15) is 11.3 Å². The van der Waals surface area contributed by atoms with Crippen LogP contribution in [0.15, 0.2) is 35.2 Å². The van der Waals surface area contributed by atoms with E-state index in [1.165, 1.54) is 0 Å². The van der Waals surface area contributed by atoms with Crippen molar-refractivity contribution < 1.29 is 8.42 Å². The van der Waals surface area contributed by atoms with E-state index < -0.39 is 14.8 Å². The molecule has 2 aromatic rings. The Kier molecular flexibility index (Phi) is 4.81. The predicted octanol–water partition coefficient (Wildman–Crippen LogP) is 3.37. The summed E-state index contributed by atoms with van der Waals surface area (Å²) in [4.78, 5) is 4.40. The van der Waals surface area contributed by atoms with E-state index in [0.29, 0.717) is 12.1 Å². The van der Waals surface area contributed by atoms with Crippen molar-refractivity contribution in [3.8, 4) is 11.3 Å². The van der Waals surface area contributed by atoms with Crippen molar-refractivity contribution in [2.45, 2.75) is 31.9 Å². The first-order valence-electron chi connectivity index (χ1n) is 6.87. The minimum Gasteiger partial charge on any atom is -0.256 e. The Balaban J connectivity index is 2.28. The summed E-state index contributed by atoms with van der Waals surface area (Å²) < 4.78 is 26.4. The quantitative estimate of drug-likeness (QED) is 0.886. The average molecular weight is 324 g/mol. The van der Waals surface area contributed by atoms with Crippen molar-refractivity contribution in [3.63, 3.8) is 0 Å². The molecule has 0 spiro atoms. The van der Waals surface area contributed by atoms with Crippen LogP contribution in [0.4, 0.5) is 0 Å². The number of nitrogens with one attached hydrogen (secondary N) is 1. The van der Waals surface area contributed by atoms with E-state index in [-0.39, 0.29) is 0 Å². The molecule has 1 N–H and O–H groups in total. The van der Waals surface area contributed by atoms with Gasteiger partial charge in [-0.15, -0.1) is 0 Å². The lowest BCUT2D eigenvalue weighted by atomic mass is 10.0.